The fourth-order valence-electron chi connectivity index (χ4n) is 3.78. The van der Waals surface area contributed by atoms with Crippen LogP contribution in [-0.2, 0) is 14.3 Å². The molecule has 0 aromatic rings. The van der Waals surface area contributed by atoms with Crippen LogP contribution in [0.25, 0.3) is 0 Å². The van der Waals surface area contributed by atoms with Gasteiger partial charge in [-0.1, -0.05) is 79.8 Å². The summed E-state index contributed by atoms with van der Waals surface area (Å²) >= 11 is 0. The van der Waals surface area contributed by atoms with E-state index in [9.17, 15) is 24.9 Å². The van der Waals surface area contributed by atoms with Gasteiger partial charge < -0.3 is 35.8 Å². The molecule has 0 aromatic heterocycles. The van der Waals surface area contributed by atoms with Gasteiger partial charge in [0.15, 0.2) is 6.29 Å². The summed E-state index contributed by atoms with van der Waals surface area (Å²) in [6, 6.07) is -2.23. The van der Waals surface area contributed by atoms with Crippen molar-refractivity contribution in [3.8, 4) is 0 Å². The molecule has 2 amide bonds. The van der Waals surface area contributed by atoms with Gasteiger partial charge in [-0.3, -0.25) is 9.59 Å². The van der Waals surface area contributed by atoms with Crippen molar-refractivity contribution in [2.24, 2.45) is 0 Å². The number of allylic oxidation sites excluding steroid dienone is 12. The van der Waals surface area contributed by atoms with Gasteiger partial charge in [-0.05, 0) is 51.9 Å². The number of hydrogen-bond donors (Lipinski definition) is 6. The Morgan fingerprint density at radius 2 is 1.25 bits per heavy atom. The third kappa shape index (κ3) is 15.1. The van der Waals surface area contributed by atoms with Crippen molar-refractivity contribution in [2.45, 2.75) is 102 Å². The van der Waals surface area contributed by atoms with Crippen LogP contribution < -0.4 is 10.6 Å². The van der Waals surface area contributed by atoms with Crippen molar-refractivity contribution in [1.82, 2.24) is 10.6 Å². The van der Waals surface area contributed by atoms with Gasteiger partial charge in [0, 0.05) is 6.42 Å². The topological polar surface area (TPSA) is 148 Å². The van der Waals surface area contributed by atoms with Crippen molar-refractivity contribution in [3.63, 3.8) is 0 Å². The Morgan fingerprint density at radius 1 is 0.775 bits per heavy atom. The Morgan fingerprint density at radius 3 is 1.73 bits per heavy atom. The Hall–Kier alpha value is -2.82. The van der Waals surface area contributed by atoms with Crippen LogP contribution in [0.5, 0.6) is 0 Å². The van der Waals surface area contributed by atoms with E-state index in [1.54, 1.807) is 0 Å². The van der Waals surface area contributed by atoms with Crippen LogP contribution in [0.4, 0.5) is 0 Å². The van der Waals surface area contributed by atoms with E-state index in [1.807, 2.05) is 12.2 Å². The number of carbonyl (C=O) groups excluding carboxylic acids is 2. The Bertz CT molecular complexity index is 894. The van der Waals surface area contributed by atoms with E-state index in [1.165, 1.54) is 6.92 Å². The maximum atomic E-state index is 12.4. The Labute approximate surface area is 238 Å². The first-order valence-electron chi connectivity index (χ1n) is 14.1. The van der Waals surface area contributed by atoms with Crippen LogP contribution in [0.1, 0.15) is 65.2 Å². The summed E-state index contributed by atoms with van der Waals surface area (Å²) in [5, 5.41) is 44.1. The number of nitrogens with one attached hydrogen (secondary N) is 2. The monoisotopic (exact) mass is 560 g/mol. The normalized spacial score (nSPS) is 24.8. The number of hydrogen-bond acceptors (Lipinski definition) is 7. The van der Waals surface area contributed by atoms with E-state index in [-0.39, 0.29) is 12.3 Å². The highest BCUT2D eigenvalue weighted by Gasteiger charge is 2.44. The molecular weight excluding hydrogens is 512 g/mol. The van der Waals surface area contributed by atoms with Crippen LogP contribution >= 0.6 is 0 Å². The van der Waals surface area contributed by atoms with Gasteiger partial charge in [0.25, 0.3) is 0 Å². The SMILES string of the molecule is CCC=CCC=CCC=CCC=CCC=CCC=CCCC(=O)NC(C)C(=O)NC1C(O)OC(CO)C(O)C1O. The quantitative estimate of drug-likeness (QED) is 0.141. The molecule has 40 heavy (non-hydrogen) atoms. The average Bonchev–Trinajstić information content (AvgIpc) is 2.94. The zero-order valence-corrected chi connectivity index (χ0v) is 23.8. The number of ether oxygens (including phenoxy) is 1. The van der Waals surface area contributed by atoms with Crippen LogP contribution in [0.15, 0.2) is 72.9 Å². The molecule has 1 heterocycles. The molecule has 9 heteroatoms. The van der Waals surface area contributed by atoms with E-state index in [0.29, 0.717) is 6.42 Å². The molecule has 6 atom stereocenters. The minimum atomic E-state index is -1.62. The maximum Gasteiger partial charge on any atom is 0.242 e. The van der Waals surface area contributed by atoms with Crippen molar-refractivity contribution >= 4 is 11.8 Å². The maximum absolute atomic E-state index is 12.4. The van der Waals surface area contributed by atoms with Gasteiger partial charge in [-0.15, -0.1) is 0 Å². The lowest BCUT2D eigenvalue weighted by Crippen LogP contribution is -2.65. The van der Waals surface area contributed by atoms with Gasteiger partial charge in [0.2, 0.25) is 11.8 Å². The Kier molecular flexibility index (Phi) is 19.3. The zero-order valence-electron chi connectivity index (χ0n) is 23.8. The number of carbonyl (C=O) groups is 2. The van der Waals surface area contributed by atoms with Gasteiger partial charge in [-0.2, -0.15) is 0 Å². The summed E-state index contributed by atoms with van der Waals surface area (Å²) in [6.07, 6.45) is 25.9. The van der Waals surface area contributed by atoms with Crippen LogP contribution in [0.2, 0.25) is 0 Å². The van der Waals surface area contributed by atoms with Crippen LogP contribution in [0.3, 0.4) is 0 Å². The lowest BCUT2D eigenvalue weighted by atomic mass is 9.97. The minimum absolute atomic E-state index is 0.203. The highest BCUT2D eigenvalue weighted by Crippen LogP contribution is 2.19. The highest BCUT2D eigenvalue weighted by atomic mass is 16.6. The number of aliphatic hydroxyl groups is 4. The number of amides is 2. The van der Waals surface area contributed by atoms with Crippen molar-refractivity contribution in [2.75, 3.05) is 6.61 Å². The van der Waals surface area contributed by atoms with E-state index < -0.39 is 49.2 Å². The molecule has 0 spiro atoms. The second-order valence-electron chi connectivity index (χ2n) is 9.51. The third-order valence-electron chi connectivity index (χ3n) is 6.11. The fraction of sp³-hybridized carbons (Fsp3) is 0.548. The summed E-state index contributed by atoms with van der Waals surface area (Å²) in [4.78, 5) is 24.5. The first-order chi connectivity index (χ1) is 19.3. The standard InChI is InChI=1S/C31H48N2O7/c1-3-4-5-6-7-8-9-10-11-12-13-14-15-16-17-18-19-20-21-22-26(35)32-24(2)30(38)33-27-29(37)28(36)25(23-34)40-31(27)39/h4-5,7-8,10-11,13-14,16-17,19-20,24-25,27-29,31,34,36-37,39H,3,6,9,12,15,18,21-23H2,1-2H3,(H,32,35)(H,33,38). The fourth-order valence-corrected chi connectivity index (χ4v) is 3.78. The molecule has 6 unspecified atom stereocenters. The molecule has 0 aromatic carbocycles. The molecule has 1 aliphatic heterocycles. The van der Waals surface area contributed by atoms with E-state index in [2.05, 4.69) is 78.3 Å². The van der Waals surface area contributed by atoms with Crippen molar-refractivity contribution in [1.29, 1.82) is 0 Å². The molecule has 1 rings (SSSR count). The van der Waals surface area contributed by atoms with E-state index >= 15 is 0 Å². The summed E-state index contributed by atoms with van der Waals surface area (Å²) in [5.74, 6) is -0.966. The van der Waals surface area contributed by atoms with E-state index in [0.717, 1.165) is 38.5 Å². The second-order valence-corrected chi connectivity index (χ2v) is 9.51. The van der Waals surface area contributed by atoms with Gasteiger partial charge >= 0.3 is 0 Å². The Balaban J connectivity index is 2.16. The lowest BCUT2D eigenvalue weighted by Gasteiger charge is -2.40. The molecule has 6 N–H and O–H groups in total. The molecular formula is C31H48N2O7. The predicted octanol–water partition coefficient (Wildman–Crippen LogP) is 2.89. The highest BCUT2D eigenvalue weighted by molar-refractivity contribution is 5.87. The number of rotatable bonds is 18. The zero-order chi connectivity index (χ0) is 29.6. The predicted molar refractivity (Wildman–Crippen MR) is 157 cm³/mol. The summed E-state index contributed by atoms with van der Waals surface area (Å²) < 4.78 is 5.01. The van der Waals surface area contributed by atoms with E-state index in [4.69, 9.17) is 9.84 Å². The van der Waals surface area contributed by atoms with Crippen LogP contribution in [-0.4, -0.2) is 75.5 Å². The van der Waals surface area contributed by atoms with Gasteiger partial charge in [0.1, 0.15) is 30.4 Å². The molecule has 0 saturated carbocycles. The summed E-state index contributed by atoms with van der Waals surface area (Å²) in [7, 11) is 0. The third-order valence-corrected chi connectivity index (χ3v) is 6.11. The van der Waals surface area contributed by atoms with Crippen molar-refractivity contribution in [3.05, 3.63) is 72.9 Å². The smallest absolute Gasteiger partial charge is 0.242 e. The molecule has 9 nitrogen and oxygen atoms in total. The van der Waals surface area contributed by atoms with Gasteiger partial charge in [0.05, 0.1) is 6.61 Å². The van der Waals surface area contributed by atoms with Gasteiger partial charge in [-0.25, -0.2) is 0 Å². The van der Waals surface area contributed by atoms with Crippen LogP contribution in [0, 0.1) is 0 Å². The number of aliphatic hydroxyl groups excluding tert-OH is 4. The minimum Gasteiger partial charge on any atom is -0.394 e. The average molecular weight is 561 g/mol. The molecule has 1 saturated heterocycles. The molecule has 0 aliphatic carbocycles. The largest absolute Gasteiger partial charge is 0.394 e. The van der Waals surface area contributed by atoms with Crippen molar-refractivity contribution < 1.29 is 34.8 Å². The second kappa shape index (κ2) is 21.9. The lowest BCUT2D eigenvalue weighted by molar-refractivity contribution is -0.253. The molecule has 1 aliphatic rings. The summed E-state index contributed by atoms with van der Waals surface area (Å²) in [5.41, 5.74) is 0. The molecule has 224 valence electrons. The first kappa shape index (κ1) is 35.2. The molecule has 1 fully saturated rings. The molecule has 0 bridgehead atoms. The first-order valence-corrected chi connectivity index (χ1v) is 14.1. The summed E-state index contributed by atoms with van der Waals surface area (Å²) in [6.45, 7) is 3.01. The molecule has 0 radical (unpaired) electrons.